The maximum Gasteiger partial charge on any atom is 0.188 e. The van der Waals surface area contributed by atoms with Crippen molar-refractivity contribution in [2.45, 2.75) is 109 Å². The Morgan fingerprint density at radius 2 is 1.58 bits per heavy atom. The monoisotopic (exact) mass is 460 g/mol. The van der Waals surface area contributed by atoms with E-state index in [4.69, 9.17) is 0 Å². The zero-order valence-electron chi connectivity index (χ0n) is 21.3. The van der Waals surface area contributed by atoms with Crippen LogP contribution in [-0.4, -0.2) is 49.1 Å². The van der Waals surface area contributed by atoms with Crippen LogP contribution >= 0.6 is 0 Å². The number of fused-ring (bicyclic) bond motifs is 5. The smallest absolute Gasteiger partial charge is 0.188 e. The third kappa shape index (κ3) is 3.15. The number of hydrogen-bond acceptors (Lipinski definition) is 5. The lowest BCUT2D eigenvalue weighted by Gasteiger charge is -2.65. The molecular weight excluding hydrogens is 416 g/mol. The molecule has 0 unspecified atom stereocenters. The number of rotatable bonds is 4. The predicted molar refractivity (Wildman–Crippen MR) is 128 cm³/mol. The third-order valence-corrected chi connectivity index (χ3v) is 10.9. The van der Waals surface area contributed by atoms with E-state index in [-0.39, 0.29) is 18.3 Å². The molecule has 0 heterocycles. The summed E-state index contributed by atoms with van der Waals surface area (Å²) >= 11 is 0. The maximum absolute atomic E-state index is 13.3. The molecule has 4 aliphatic carbocycles. The van der Waals surface area contributed by atoms with Crippen molar-refractivity contribution in [3.8, 4) is 0 Å². The van der Waals surface area contributed by atoms with Gasteiger partial charge >= 0.3 is 0 Å². The van der Waals surface area contributed by atoms with Gasteiger partial charge in [-0.1, -0.05) is 53.7 Å². The Labute approximate surface area is 199 Å². The van der Waals surface area contributed by atoms with Gasteiger partial charge < -0.3 is 20.4 Å². The Balaban J connectivity index is 1.73. The Hall–Kier alpha value is -1.01. The highest BCUT2D eigenvalue weighted by atomic mass is 16.3. The van der Waals surface area contributed by atoms with E-state index < -0.39 is 39.5 Å². The standard InChI is InChI=1S/C28H44O5/c1-17(2)18(3)7-8-19(4)21-10-12-26(31)22-15-23(30)28(33)16-20(29)9-11-25(28,6)27(22,32)14-13-24(21,26)5/h7-8,15,17-21,29,31-33H,9-14,16H2,1-6H3/t18-,19+,20-,21+,24+,25+,26+,27+,28-/m0/s1. The maximum atomic E-state index is 13.3. The topological polar surface area (TPSA) is 98.0 Å². The molecule has 0 bridgehead atoms. The van der Waals surface area contributed by atoms with Crippen LogP contribution in [0.5, 0.6) is 0 Å². The summed E-state index contributed by atoms with van der Waals surface area (Å²) in [5.41, 5.74) is -5.75. The molecule has 33 heavy (non-hydrogen) atoms. The van der Waals surface area contributed by atoms with Gasteiger partial charge in [-0.05, 0) is 73.8 Å². The number of hydrogen-bond donors (Lipinski definition) is 4. The molecule has 0 saturated heterocycles. The summed E-state index contributed by atoms with van der Waals surface area (Å²) in [6.45, 7) is 12.8. The molecule has 4 rings (SSSR count). The fourth-order valence-corrected chi connectivity index (χ4v) is 7.89. The highest BCUT2D eigenvalue weighted by Crippen LogP contribution is 2.70. The van der Waals surface area contributed by atoms with Gasteiger partial charge in [0.15, 0.2) is 5.78 Å². The number of allylic oxidation sites excluding steroid dienone is 2. The number of aliphatic hydroxyl groups excluding tert-OH is 1. The molecule has 5 nitrogen and oxygen atoms in total. The lowest BCUT2D eigenvalue weighted by atomic mass is 9.42. The van der Waals surface area contributed by atoms with Gasteiger partial charge in [0.05, 0.1) is 17.3 Å². The molecule has 0 aromatic heterocycles. The van der Waals surface area contributed by atoms with E-state index in [1.165, 1.54) is 6.08 Å². The summed E-state index contributed by atoms with van der Waals surface area (Å²) in [6.07, 6.45) is 8.21. The summed E-state index contributed by atoms with van der Waals surface area (Å²) in [6, 6.07) is 0. The Morgan fingerprint density at radius 3 is 2.21 bits per heavy atom. The van der Waals surface area contributed by atoms with Crippen molar-refractivity contribution in [1.29, 1.82) is 0 Å². The molecule has 0 spiro atoms. The van der Waals surface area contributed by atoms with Crippen molar-refractivity contribution in [2.24, 2.45) is 34.5 Å². The molecule has 5 heteroatoms. The number of carbonyl (C=O) groups is 1. The molecule has 0 aromatic rings. The first kappa shape index (κ1) is 25.1. The fraction of sp³-hybridized carbons (Fsp3) is 0.821. The van der Waals surface area contributed by atoms with Crippen molar-refractivity contribution in [3.63, 3.8) is 0 Å². The van der Waals surface area contributed by atoms with Gasteiger partial charge in [0.25, 0.3) is 0 Å². The van der Waals surface area contributed by atoms with Crippen LogP contribution in [-0.2, 0) is 4.79 Å². The first-order valence-corrected chi connectivity index (χ1v) is 13.0. The van der Waals surface area contributed by atoms with E-state index in [0.717, 1.165) is 6.42 Å². The largest absolute Gasteiger partial charge is 0.393 e. The molecule has 3 saturated carbocycles. The zero-order valence-corrected chi connectivity index (χ0v) is 21.3. The summed E-state index contributed by atoms with van der Waals surface area (Å²) < 4.78 is 0. The molecule has 186 valence electrons. The van der Waals surface area contributed by atoms with Crippen molar-refractivity contribution in [3.05, 3.63) is 23.8 Å². The van der Waals surface area contributed by atoms with Gasteiger partial charge in [0.2, 0.25) is 0 Å². The zero-order chi connectivity index (χ0) is 24.6. The van der Waals surface area contributed by atoms with Crippen LogP contribution in [0, 0.1) is 34.5 Å². The first-order valence-electron chi connectivity index (χ1n) is 13.0. The van der Waals surface area contributed by atoms with Gasteiger partial charge in [-0.2, -0.15) is 0 Å². The molecule has 9 atom stereocenters. The molecule has 0 amide bonds. The number of aliphatic hydroxyl groups is 4. The quantitative estimate of drug-likeness (QED) is 0.477. The van der Waals surface area contributed by atoms with Gasteiger partial charge in [-0.15, -0.1) is 0 Å². The van der Waals surface area contributed by atoms with E-state index in [0.29, 0.717) is 49.5 Å². The average Bonchev–Trinajstić information content (AvgIpc) is 3.02. The van der Waals surface area contributed by atoms with E-state index in [1.54, 1.807) is 6.92 Å². The summed E-state index contributed by atoms with van der Waals surface area (Å²) in [5.74, 6) is 1.08. The molecule has 4 N–H and O–H groups in total. The normalized spacial score (nSPS) is 49.4. The summed E-state index contributed by atoms with van der Waals surface area (Å²) in [7, 11) is 0. The molecule has 3 fully saturated rings. The molecular formula is C28H44O5. The van der Waals surface area contributed by atoms with Crippen LogP contribution in [0.15, 0.2) is 23.8 Å². The van der Waals surface area contributed by atoms with E-state index in [9.17, 15) is 25.2 Å². The van der Waals surface area contributed by atoms with Crippen molar-refractivity contribution >= 4 is 5.78 Å². The highest BCUT2D eigenvalue weighted by Gasteiger charge is 2.74. The van der Waals surface area contributed by atoms with Gasteiger partial charge in [-0.3, -0.25) is 4.79 Å². The summed E-state index contributed by atoms with van der Waals surface area (Å²) in [5, 5.41) is 46.1. The average molecular weight is 461 g/mol. The van der Waals surface area contributed by atoms with Crippen LogP contribution in [0.3, 0.4) is 0 Å². The second-order valence-corrected chi connectivity index (χ2v) is 12.6. The highest BCUT2D eigenvalue weighted by molar-refractivity contribution is 6.00. The number of ketones is 1. The van der Waals surface area contributed by atoms with Crippen LogP contribution in [0.1, 0.15) is 86.5 Å². The number of carbonyl (C=O) groups excluding carboxylic acids is 1. The lowest BCUT2D eigenvalue weighted by Crippen LogP contribution is -2.74. The molecule has 4 aliphatic rings. The van der Waals surface area contributed by atoms with Crippen molar-refractivity contribution in [1.82, 2.24) is 0 Å². The molecule has 0 radical (unpaired) electrons. The fourth-order valence-electron chi connectivity index (χ4n) is 7.89. The predicted octanol–water partition coefficient (Wildman–Crippen LogP) is 3.93. The Bertz CT molecular complexity index is 878. The SMILES string of the molecule is CC(C)[C@@H](C)C=C[C@@H](C)[C@H]1CC[C@@]2(O)C3=CC(=O)[C@@]4(O)C[C@@H](O)CC[C@]4(C)[C@@]3(O)CC[C@]12C. The van der Waals surface area contributed by atoms with Gasteiger partial charge in [0, 0.05) is 17.3 Å². The van der Waals surface area contributed by atoms with Gasteiger partial charge in [0.1, 0.15) is 5.60 Å². The molecule has 0 aromatic carbocycles. The van der Waals surface area contributed by atoms with Gasteiger partial charge in [-0.25, -0.2) is 0 Å². The Morgan fingerprint density at radius 1 is 0.909 bits per heavy atom. The van der Waals surface area contributed by atoms with Crippen molar-refractivity contribution < 1.29 is 25.2 Å². The van der Waals surface area contributed by atoms with Crippen molar-refractivity contribution in [2.75, 3.05) is 0 Å². The van der Waals surface area contributed by atoms with Crippen LogP contribution in [0.2, 0.25) is 0 Å². The third-order valence-electron chi connectivity index (χ3n) is 10.9. The second-order valence-electron chi connectivity index (χ2n) is 12.6. The minimum Gasteiger partial charge on any atom is -0.393 e. The van der Waals surface area contributed by atoms with Crippen LogP contribution < -0.4 is 0 Å². The second kappa shape index (κ2) is 7.74. The van der Waals surface area contributed by atoms with E-state index >= 15 is 0 Å². The minimum atomic E-state index is -1.81. The van der Waals surface area contributed by atoms with E-state index in [2.05, 4.69) is 46.8 Å². The minimum absolute atomic E-state index is 0.0669. The molecule has 0 aliphatic heterocycles. The van der Waals surface area contributed by atoms with Crippen LogP contribution in [0.25, 0.3) is 0 Å². The first-order chi connectivity index (χ1) is 15.2. The summed E-state index contributed by atoms with van der Waals surface area (Å²) in [4.78, 5) is 13.3. The van der Waals surface area contributed by atoms with Crippen LogP contribution in [0.4, 0.5) is 0 Å². The van der Waals surface area contributed by atoms with E-state index in [1.807, 2.05) is 0 Å². The lowest BCUT2D eigenvalue weighted by molar-refractivity contribution is -0.237. The Kier molecular flexibility index (Phi) is 5.89.